The maximum absolute atomic E-state index is 5.27. The number of fused-ring (bicyclic) bond motifs is 12. The Morgan fingerprint density at radius 1 is 0.300 bits per heavy atom. The van der Waals surface area contributed by atoms with Gasteiger partial charge < -0.3 is 0 Å². The first-order valence-electron chi connectivity index (χ1n) is 16.7. The fourth-order valence-corrected chi connectivity index (χ4v) is 9.90. The van der Waals surface area contributed by atoms with E-state index >= 15 is 0 Å². The first kappa shape index (κ1) is 27.9. The third-order valence-electron chi connectivity index (χ3n) is 9.92. The van der Waals surface area contributed by atoms with Crippen LogP contribution in [-0.4, -0.2) is 15.0 Å². The number of aromatic nitrogens is 3. The summed E-state index contributed by atoms with van der Waals surface area (Å²) >= 11 is 3.62. The zero-order chi connectivity index (χ0) is 32.8. The van der Waals surface area contributed by atoms with Crippen LogP contribution >= 0.6 is 22.7 Å². The first-order valence-corrected chi connectivity index (χ1v) is 18.3. The Bertz CT molecular complexity index is 3140. The van der Waals surface area contributed by atoms with Crippen molar-refractivity contribution in [3.05, 3.63) is 152 Å². The molecule has 50 heavy (non-hydrogen) atoms. The van der Waals surface area contributed by atoms with Gasteiger partial charge in [-0.3, -0.25) is 0 Å². The second kappa shape index (κ2) is 10.7. The zero-order valence-electron chi connectivity index (χ0n) is 26.6. The normalized spacial score (nSPS) is 12.0. The van der Waals surface area contributed by atoms with Gasteiger partial charge in [-0.2, -0.15) is 0 Å². The Balaban J connectivity index is 1.19. The van der Waals surface area contributed by atoms with Gasteiger partial charge in [0.2, 0.25) is 0 Å². The molecule has 5 heteroatoms. The summed E-state index contributed by atoms with van der Waals surface area (Å²) < 4.78 is 4.99. The smallest absolute Gasteiger partial charge is 0.164 e. The van der Waals surface area contributed by atoms with Crippen LogP contribution in [0.5, 0.6) is 0 Å². The van der Waals surface area contributed by atoms with Crippen LogP contribution in [0, 0.1) is 0 Å². The van der Waals surface area contributed by atoms with Gasteiger partial charge in [-0.25, -0.2) is 15.0 Å². The molecule has 0 fully saturated rings. The molecule has 232 valence electrons. The summed E-state index contributed by atoms with van der Waals surface area (Å²) in [6.07, 6.45) is 0. The van der Waals surface area contributed by atoms with Gasteiger partial charge in [-0.15, -0.1) is 22.7 Å². The van der Waals surface area contributed by atoms with Crippen molar-refractivity contribution in [2.75, 3.05) is 0 Å². The summed E-state index contributed by atoms with van der Waals surface area (Å²) in [5.41, 5.74) is 2.96. The molecule has 0 atom stereocenters. The van der Waals surface area contributed by atoms with Crippen molar-refractivity contribution in [3.63, 3.8) is 0 Å². The van der Waals surface area contributed by atoms with Crippen LogP contribution in [0.2, 0.25) is 0 Å². The van der Waals surface area contributed by atoms with Gasteiger partial charge in [0.1, 0.15) is 0 Å². The molecule has 0 saturated carbocycles. The highest BCUT2D eigenvalue weighted by Gasteiger charge is 2.18. The molecule has 11 aromatic rings. The van der Waals surface area contributed by atoms with Crippen LogP contribution in [-0.2, 0) is 0 Å². The largest absolute Gasteiger partial charge is 0.208 e. The fourth-order valence-electron chi connectivity index (χ4n) is 7.63. The Labute approximate surface area is 294 Å². The molecule has 0 spiro atoms. The van der Waals surface area contributed by atoms with Gasteiger partial charge in [-0.1, -0.05) is 121 Å². The summed E-state index contributed by atoms with van der Waals surface area (Å²) in [4.78, 5) is 15.7. The summed E-state index contributed by atoms with van der Waals surface area (Å²) in [5.74, 6) is 2.01. The molecule has 8 aromatic carbocycles. The number of thiophene rings is 2. The molecule has 0 aliphatic heterocycles. The minimum absolute atomic E-state index is 0.664. The number of rotatable bonds is 3. The average molecular weight is 672 g/mol. The lowest BCUT2D eigenvalue weighted by Gasteiger charge is -2.13. The van der Waals surface area contributed by atoms with Crippen LogP contribution in [0.3, 0.4) is 0 Å². The lowest BCUT2D eigenvalue weighted by molar-refractivity contribution is 1.08. The Kier molecular flexibility index (Phi) is 5.99. The van der Waals surface area contributed by atoms with Crippen molar-refractivity contribution in [2.45, 2.75) is 0 Å². The van der Waals surface area contributed by atoms with Crippen molar-refractivity contribution in [1.29, 1.82) is 0 Å². The van der Waals surface area contributed by atoms with Crippen molar-refractivity contribution >= 4 is 95.3 Å². The highest BCUT2D eigenvalue weighted by atomic mass is 32.1. The fraction of sp³-hybridized carbons (Fsp3) is 0. The third kappa shape index (κ3) is 4.18. The van der Waals surface area contributed by atoms with E-state index in [1.54, 1.807) is 0 Å². The molecule has 11 rings (SSSR count). The molecule has 0 aliphatic rings. The van der Waals surface area contributed by atoms with Crippen molar-refractivity contribution in [2.24, 2.45) is 0 Å². The standard InChI is InChI=1S/C45H25N3S2/c1-2-12-30-28(10-1)29-11-3-4-13-31(29)37-24-26(20-22-32(30)37)43-46-44(27-21-23-34-33-14-5-7-17-38(33)50-41(34)25-27)48-45(47-43)36-16-9-19-40-42(36)35-15-6-8-18-39(35)49-40/h1-25H. The van der Waals surface area contributed by atoms with E-state index in [1.807, 2.05) is 22.7 Å². The van der Waals surface area contributed by atoms with Gasteiger partial charge in [0.25, 0.3) is 0 Å². The minimum Gasteiger partial charge on any atom is -0.208 e. The minimum atomic E-state index is 0.664. The zero-order valence-corrected chi connectivity index (χ0v) is 28.2. The lowest BCUT2D eigenvalue weighted by Crippen LogP contribution is -2.00. The quantitative estimate of drug-likeness (QED) is 0.176. The van der Waals surface area contributed by atoms with Gasteiger partial charge >= 0.3 is 0 Å². The van der Waals surface area contributed by atoms with E-state index in [0.717, 1.165) is 16.7 Å². The highest BCUT2D eigenvalue weighted by molar-refractivity contribution is 7.26. The average Bonchev–Trinajstić information content (AvgIpc) is 3.76. The predicted octanol–water partition coefficient (Wildman–Crippen LogP) is 13.1. The molecule has 3 aromatic heterocycles. The van der Waals surface area contributed by atoms with Crippen LogP contribution in [0.1, 0.15) is 0 Å². The van der Waals surface area contributed by atoms with E-state index in [0.29, 0.717) is 17.5 Å². The monoisotopic (exact) mass is 671 g/mol. The molecule has 0 N–H and O–H groups in total. The molecule has 3 nitrogen and oxygen atoms in total. The van der Waals surface area contributed by atoms with Crippen LogP contribution in [0.4, 0.5) is 0 Å². The third-order valence-corrected chi connectivity index (χ3v) is 12.2. The Morgan fingerprint density at radius 3 is 1.46 bits per heavy atom. The maximum Gasteiger partial charge on any atom is 0.164 e. The molecular weight excluding hydrogens is 647 g/mol. The number of hydrogen-bond donors (Lipinski definition) is 0. The van der Waals surface area contributed by atoms with Crippen LogP contribution < -0.4 is 0 Å². The van der Waals surface area contributed by atoms with Crippen molar-refractivity contribution in [3.8, 4) is 34.2 Å². The van der Waals surface area contributed by atoms with E-state index in [9.17, 15) is 0 Å². The van der Waals surface area contributed by atoms with Crippen molar-refractivity contribution in [1.82, 2.24) is 15.0 Å². The van der Waals surface area contributed by atoms with Gasteiger partial charge in [0.05, 0.1) is 0 Å². The van der Waals surface area contributed by atoms with Gasteiger partial charge in [-0.05, 0) is 62.6 Å². The summed E-state index contributed by atoms with van der Waals surface area (Å²) in [6, 6.07) is 54.3. The first-order chi connectivity index (χ1) is 24.8. The molecule has 0 aliphatic carbocycles. The van der Waals surface area contributed by atoms with Crippen LogP contribution in [0.25, 0.3) is 107 Å². The lowest BCUT2D eigenvalue weighted by atomic mass is 9.93. The maximum atomic E-state index is 5.27. The van der Waals surface area contributed by atoms with Gasteiger partial charge in [0, 0.05) is 57.0 Å². The SMILES string of the molecule is c1ccc2c(c1)sc1cc(-c3nc(-c4ccc5c6ccccc6c6ccccc6c5c4)nc(-c4cccc5sc6ccccc6c45)n3)ccc12. The predicted molar refractivity (Wildman–Crippen MR) is 214 cm³/mol. The molecule has 0 saturated heterocycles. The van der Waals surface area contributed by atoms with E-state index in [-0.39, 0.29) is 0 Å². The van der Waals surface area contributed by atoms with E-state index in [4.69, 9.17) is 15.0 Å². The second-order valence-electron chi connectivity index (χ2n) is 12.7. The van der Waals surface area contributed by atoms with E-state index in [2.05, 4.69) is 152 Å². The van der Waals surface area contributed by atoms with E-state index < -0.39 is 0 Å². The molecular formula is C45H25N3S2. The number of benzene rings is 8. The summed E-state index contributed by atoms with van der Waals surface area (Å²) in [5, 5.41) is 12.3. The molecule has 0 amide bonds. The van der Waals surface area contributed by atoms with Crippen molar-refractivity contribution < 1.29 is 0 Å². The summed E-state index contributed by atoms with van der Waals surface area (Å²) in [7, 11) is 0. The topological polar surface area (TPSA) is 38.7 Å². The number of nitrogens with zero attached hydrogens (tertiary/aromatic N) is 3. The second-order valence-corrected chi connectivity index (χ2v) is 14.9. The molecule has 0 unspecified atom stereocenters. The van der Waals surface area contributed by atoms with Gasteiger partial charge in [0.15, 0.2) is 17.5 Å². The van der Waals surface area contributed by atoms with E-state index in [1.165, 1.54) is 72.7 Å². The molecule has 0 radical (unpaired) electrons. The Morgan fingerprint density at radius 2 is 0.760 bits per heavy atom. The Hall–Kier alpha value is -6.01. The van der Waals surface area contributed by atoms with Crippen LogP contribution in [0.15, 0.2) is 152 Å². The summed E-state index contributed by atoms with van der Waals surface area (Å²) in [6.45, 7) is 0. The highest BCUT2D eigenvalue weighted by Crippen LogP contribution is 2.41. The molecule has 0 bridgehead atoms. The number of hydrogen-bond acceptors (Lipinski definition) is 5. The molecule has 3 heterocycles.